The second-order valence-corrected chi connectivity index (χ2v) is 5.56. The smallest absolute Gasteiger partial charge is 0.303 e. The van der Waals surface area contributed by atoms with Crippen molar-refractivity contribution in [2.45, 2.75) is 53.6 Å². The van der Waals surface area contributed by atoms with Crippen LogP contribution >= 0.6 is 0 Å². The monoisotopic (exact) mass is 250 g/mol. The number of hydrogen-bond donors (Lipinski definition) is 0. The Morgan fingerprint density at radius 1 is 1.33 bits per heavy atom. The molecule has 0 saturated heterocycles. The molecular formula is C15H22O3. The first-order valence-corrected chi connectivity index (χ1v) is 6.31. The normalized spacial score (nSPS) is 23.3. The maximum Gasteiger partial charge on any atom is 0.303 e. The van der Waals surface area contributed by atoms with Crippen LogP contribution in [0.4, 0.5) is 0 Å². The largest absolute Gasteiger partial charge is 0.458 e. The standard InChI is InChI=1S/C15H22O3/c1-10(16)6-7-13-11(2)14(18-12(3)17)8-9-15(13,4)5/h6-7,14H,8-9H2,1-5H3/b7-6+/t14-/m0/s1. The van der Waals surface area contributed by atoms with Crippen molar-refractivity contribution in [3.63, 3.8) is 0 Å². The number of carbonyl (C=O) groups is 2. The van der Waals surface area contributed by atoms with E-state index in [0.717, 1.165) is 24.0 Å². The van der Waals surface area contributed by atoms with Crippen molar-refractivity contribution in [2.24, 2.45) is 5.41 Å². The summed E-state index contributed by atoms with van der Waals surface area (Å²) in [6.45, 7) is 9.25. The summed E-state index contributed by atoms with van der Waals surface area (Å²) in [6, 6.07) is 0. The fourth-order valence-corrected chi connectivity index (χ4v) is 2.46. The summed E-state index contributed by atoms with van der Waals surface area (Å²) < 4.78 is 5.32. The van der Waals surface area contributed by atoms with Crippen molar-refractivity contribution in [3.05, 3.63) is 23.3 Å². The lowest BCUT2D eigenvalue weighted by Gasteiger charge is -2.36. The molecule has 0 spiro atoms. The van der Waals surface area contributed by atoms with E-state index in [2.05, 4.69) is 13.8 Å². The van der Waals surface area contributed by atoms with E-state index in [-0.39, 0.29) is 23.3 Å². The van der Waals surface area contributed by atoms with Crippen LogP contribution in [-0.4, -0.2) is 17.9 Å². The van der Waals surface area contributed by atoms with Gasteiger partial charge in [-0.15, -0.1) is 0 Å². The Hall–Kier alpha value is -1.38. The fraction of sp³-hybridized carbons (Fsp3) is 0.600. The first-order valence-electron chi connectivity index (χ1n) is 6.31. The number of ketones is 1. The lowest BCUT2D eigenvalue weighted by Crippen LogP contribution is -2.30. The summed E-state index contributed by atoms with van der Waals surface area (Å²) >= 11 is 0. The molecule has 1 aliphatic rings. The topological polar surface area (TPSA) is 43.4 Å². The van der Waals surface area contributed by atoms with Crippen LogP contribution in [0.5, 0.6) is 0 Å². The van der Waals surface area contributed by atoms with E-state index in [1.54, 1.807) is 6.08 Å². The minimum atomic E-state index is -0.256. The van der Waals surface area contributed by atoms with Crippen molar-refractivity contribution in [2.75, 3.05) is 0 Å². The molecule has 0 radical (unpaired) electrons. The van der Waals surface area contributed by atoms with Crippen LogP contribution in [0.3, 0.4) is 0 Å². The Kier molecular flexibility index (Phi) is 4.49. The van der Waals surface area contributed by atoms with Crippen molar-refractivity contribution < 1.29 is 14.3 Å². The Morgan fingerprint density at radius 3 is 2.44 bits per heavy atom. The molecule has 0 bridgehead atoms. The third kappa shape index (κ3) is 3.56. The Morgan fingerprint density at radius 2 is 1.94 bits per heavy atom. The summed E-state index contributed by atoms with van der Waals surface area (Å²) in [7, 11) is 0. The van der Waals surface area contributed by atoms with Gasteiger partial charge >= 0.3 is 5.97 Å². The maximum absolute atomic E-state index is 11.1. The number of allylic oxidation sites excluding steroid dienone is 3. The van der Waals surface area contributed by atoms with E-state index >= 15 is 0 Å². The van der Waals surface area contributed by atoms with Gasteiger partial charge in [0.25, 0.3) is 0 Å². The van der Waals surface area contributed by atoms with Crippen LogP contribution in [-0.2, 0) is 14.3 Å². The Labute approximate surface area is 109 Å². The van der Waals surface area contributed by atoms with Gasteiger partial charge in [-0.25, -0.2) is 0 Å². The van der Waals surface area contributed by atoms with Crippen LogP contribution in [0.25, 0.3) is 0 Å². The molecule has 0 aromatic rings. The van der Waals surface area contributed by atoms with E-state index in [0.29, 0.717) is 0 Å². The van der Waals surface area contributed by atoms with Gasteiger partial charge in [-0.1, -0.05) is 19.9 Å². The molecular weight excluding hydrogens is 228 g/mol. The summed E-state index contributed by atoms with van der Waals surface area (Å²) in [4.78, 5) is 22.1. The Bertz CT molecular complexity index is 413. The summed E-state index contributed by atoms with van der Waals surface area (Å²) in [5, 5.41) is 0. The molecule has 1 atom stereocenters. The van der Waals surface area contributed by atoms with Crippen molar-refractivity contribution in [1.29, 1.82) is 0 Å². The highest BCUT2D eigenvalue weighted by Gasteiger charge is 2.33. The predicted octanol–water partition coefficient (Wildman–Crippen LogP) is 3.20. The molecule has 1 aliphatic carbocycles. The third-order valence-corrected chi connectivity index (χ3v) is 3.46. The average molecular weight is 250 g/mol. The van der Waals surface area contributed by atoms with Crippen LogP contribution in [0, 0.1) is 5.41 Å². The highest BCUT2D eigenvalue weighted by molar-refractivity contribution is 5.87. The minimum absolute atomic E-state index is 0.0205. The molecule has 3 heteroatoms. The number of ether oxygens (including phenoxy) is 1. The second kappa shape index (κ2) is 5.51. The van der Waals surface area contributed by atoms with Gasteiger partial charge in [0.2, 0.25) is 0 Å². The number of rotatable bonds is 3. The van der Waals surface area contributed by atoms with Crippen molar-refractivity contribution in [1.82, 2.24) is 0 Å². The van der Waals surface area contributed by atoms with Gasteiger partial charge in [0.15, 0.2) is 5.78 Å². The lowest BCUT2D eigenvalue weighted by atomic mass is 9.71. The van der Waals surface area contributed by atoms with Crippen LogP contribution in [0.15, 0.2) is 23.3 Å². The van der Waals surface area contributed by atoms with Gasteiger partial charge in [-0.05, 0) is 49.3 Å². The van der Waals surface area contributed by atoms with Crippen molar-refractivity contribution in [3.8, 4) is 0 Å². The fourth-order valence-electron chi connectivity index (χ4n) is 2.46. The molecule has 0 aliphatic heterocycles. The molecule has 0 saturated carbocycles. The quantitative estimate of drug-likeness (QED) is 0.570. The van der Waals surface area contributed by atoms with E-state index in [9.17, 15) is 9.59 Å². The maximum atomic E-state index is 11.1. The van der Waals surface area contributed by atoms with Crippen LogP contribution < -0.4 is 0 Å². The third-order valence-electron chi connectivity index (χ3n) is 3.46. The van der Waals surface area contributed by atoms with Gasteiger partial charge in [0, 0.05) is 6.92 Å². The molecule has 0 heterocycles. The zero-order valence-electron chi connectivity index (χ0n) is 11.9. The number of esters is 1. The highest BCUT2D eigenvalue weighted by Crippen LogP contribution is 2.41. The molecule has 3 nitrogen and oxygen atoms in total. The molecule has 100 valence electrons. The lowest BCUT2D eigenvalue weighted by molar-refractivity contribution is -0.145. The molecule has 0 unspecified atom stereocenters. The summed E-state index contributed by atoms with van der Waals surface area (Å²) in [5.41, 5.74) is 2.18. The molecule has 0 N–H and O–H groups in total. The van der Waals surface area contributed by atoms with E-state index < -0.39 is 0 Å². The van der Waals surface area contributed by atoms with Crippen LogP contribution in [0.2, 0.25) is 0 Å². The molecule has 0 aromatic carbocycles. The van der Waals surface area contributed by atoms with Gasteiger partial charge in [-0.3, -0.25) is 9.59 Å². The van der Waals surface area contributed by atoms with E-state index in [1.807, 2.05) is 13.0 Å². The number of carbonyl (C=O) groups excluding carboxylic acids is 2. The average Bonchev–Trinajstić information content (AvgIpc) is 2.21. The predicted molar refractivity (Wildman–Crippen MR) is 71.1 cm³/mol. The zero-order valence-corrected chi connectivity index (χ0v) is 11.9. The van der Waals surface area contributed by atoms with Gasteiger partial charge in [0.05, 0.1) is 0 Å². The first kappa shape index (κ1) is 14.7. The van der Waals surface area contributed by atoms with Gasteiger partial charge in [0.1, 0.15) is 6.10 Å². The number of hydrogen-bond acceptors (Lipinski definition) is 3. The molecule has 0 amide bonds. The first-order chi connectivity index (χ1) is 8.24. The van der Waals surface area contributed by atoms with Crippen LogP contribution in [0.1, 0.15) is 47.5 Å². The minimum Gasteiger partial charge on any atom is -0.458 e. The Balaban J connectivity index is 3.08. The van der Waals surface area contributed by atoms with Crippen molar-refractivity contribution >= 4 is 11.8 Å². The SMILES string of the molecule is CC(=O)/C=C/C1=C(C)[C@@H](OC(C)=O)CCC1(C)C. The second-order valence-electron chi connectivity index (χ2n) is 5.56. The molecule has 0 fully saturated rings. The molecule has 0 aromatic heterocycles. The van der Waals surface area contributed by atoms with Gasteiger partial charge < -0.3 is 4.74 Å². The zero-order chi connectivity index (χ0) is 13.9. The van der Waals surface area contributed by atoms with Gasteiger partial charge in [-0.2, -0.15) is 0 Å². The summed E-state index contributed by atoms with van der Waals surface area (Å²) in [5.74, 6) is -0.227. The molecule has 1 rings (SSSR count). The van der Waals surface area contributed by atoms with E-state index in [4.69, 9.17) is 4.74 Å². The summed E-state index contributed by atoms with van der Waals surface area (Å²) in [6.07, 6.45) is 5.09. The van der Waals surface area contributed by atoms with E-state index in [1.165, 1.54) is 13.8 Å². The molecule has 18 heavy (non-hydrogen) atoms. The highest BCUT2D eigenvalue weighted by atomic mass is 16.5.